The monoisotopic (exact) mass is 1020 g/mol. The van der Waals surface area contributed by atoms with Crippen molar-refractivity contribution in [3.05, 3.63) is 109 Å². The molecule has 0 bridgehead atoms. The highest BCUT2D eigenvalue weighted by Gasteiger charge is 1.98. The van der Waals surface area contributed by atoms with Crippen LogP contribution in [0.1, 0.15) is 208 Å². The number of carbonyl (C=O) groups excluding carboxylic acids is 2. The lowest BCUT2D eigenvalue weighted by Gasteiger charge is -2.03. The number of benzene rings is 3. The Labute approximate surface area is 438 Å². The number of unbranched alkanes of at least 4 members (excludes halogenated alkanes) is 12. The van der Waals surface area contributed by atoms with Crippen molar-refractivity contribution in [1.29, 1.82) is 0 Å². The Morgan fingerprint density at radius 3 is 0.778 bits per heavy atom. The van der Waals surface area contributed by atoms with Gasteiger partial charge in [0.1, 0.15) is 0 Å². The minimum absolute atomic E-state index is 0.250. The van der Waals surface area contributed by atoms with Crippen LogP contribution in [0.25, 0.3) is 0 Å². The first kappa shape index (κ1) is 80.6. The Bertz CT molecular complexity index is 1250. The fraction of sp³-hybridized carbons (Fsp3) is 0.600. The highest BCUT2D eigenvalue weighted by Crippen LogP contribution is 2.11. The van der Waals surface area contributed by atoms with Crippen molar-refractivity contribution in [2.45, 2.75) is 198 Å². The molecule has 416 valence electrons. The van der Waals surface area contributed by atoms with Gasteiger partial charge in [-0.15, -0.1) is 0 Å². The summed E-state index contributed by atoms with van der Waals surface area (Å²) in [6.07, 6.45) is 26.3. The molecule has 0 atom stereocenters. The van der Waals surface area contributed by atoms with Gasteiger partial charge in [0.2, 0.25) is 0 Å². The minimum atomic E-state index is -0.879. The third kappa shape index (κ3) is 111. The van der Waals surface area contributed by atoms with Crippen molar-refractivity contribution in [3.63, 3.8) is 0 Å². The Morgan fingerprint density at radius 2 is 0.597 bits per heavy atom. The van der Waals surface area contributed by atoms with Crippen LogP contribution < -0.4 is 0 Å². The van der Waals surface area contributed by atoms with E-state index < -0.39 is 5.97 Å². The summed E-state index contributed by atoms with van der Waals surface area (Å²) in [6, 6.07) is 32.3. The summed E-state index contributed by atoms with van der Waals surface area (Å²) in [7, 11) is 0. The van der Waals surface area contributed by atoms with E-state index in [-0.39, 0.29) is 19.4 Å². The maximum atomic E-state index is 10.2. The third-order valence-electron chi connectivity index (χ3n) is 9.35. The van der Waals surface area contributed by atoms with Gasteiger partial charge in [0.05, 0.1) is 18.8 Å². The number of ether oxygens (including phenoxy) is 2. The lowest BCUT2D eigenvalue weighted by atomic mass is 10.0. The van der Waals surface area contributed by atoms with Crippen LogP contribution in [0.3, 0.4) is 0 Å². The quantitative estimate of drug-likeness (QED) is 0.0416. The summed E-state index contributed by atoms with van der Waals surface area (Å²) < 4.78 is 9.16. The van der Waals surface area contributed by atoms with Gasteiger partial charge in [0.25, 0.3) is 32.4 Å². The van der Waals surface area contributed by atoms with Gasteiger partial charge in [-0.25, -0.2) is 4.79 Å². The number of aromatic carboxylic acids is 1. The largest absolute Gasteiger partial charge is 0.483 e. The predicted molar refractivity (Wildman–Crippen MR) is 299 cm³/mol. The maximum Gasteiger partial charge on any atom is 0.335 e. The van der Waals surface area contributed by atoms with Crippen LogP contribution in [-0.2, 0) is 33.4 Å². The predicted octanol–water partition coefficient (Wildman–Crippen LogP) is 16.6. The van der Waals surface area contributed by atoms with Crippen molar-refractivity contribution in [2.75, 3.05) is 13.2 Å². The standard InChI is InChI=1S/2C10H20O2.2C9H20.C7H6O2.2C6H6.3CH2O2/c2*1-10(2)7-5-3-4-6-8-12-9-11;2*1-4-5-6-7-8-9(2)3;8-7(9)6-4-2-1-3-5-6;2*1-2-4-6-5-3-1;3*2-1-3/h2*9-10H,3-8H2,1-2H3;2*9H,4-8H2,1-3H3;1-5H,(H,8,9);2*1-6H;3*1H,(H,2,3). The molecule has 0 spiro atoms. The van der Waals surface area contributed by atoms with Gasteiger partial charge in [-0.05, 0) is 48.6 Å². The van der Waals surface area contributed by atoms with Crippen LogP contribution in [0.2, 0.25) is 0 Å². The Morgan fingerprint density at radius 1 is 0.389 bits per heavy atom. The Hall–Kier alpha value is -5.52. The summed E-state index contributed by atoms with van der Waals surface area (Å²) in [5, 5.41) is 29.1. The lowest BCUT2D eigenvalue weighted by Crippen LogP contribution is -1.93. The Kier molecular flexibility index (Phi) is 89.1. The van der Waals surface area contributed by atoms with E-state index in [2.05, 4.69) is 78.7 Å². The van der Waals surface area contributed by atoms with Crippen molar-refractivity contribution in [2.24, 2.45) is 23.7 Å². The molecule has 72 heavy (non-hydrogen) atoms. The zero-order valence-electron chi connectivity index (χ0n) is 46.6. The molecule has 0 saturated heterocycles. The van der Waals surface area contributed by atoms with Gasteiger partial charge in [-0.3, -0.25) is 24.0 Å². The third-order valence-corrected chi connectivity index (χ3v) is 9.35. The van der Waals surface area contributed by atoms with Crippen molar-refractivity contribution < 1.29 is 58.7 Å². The molecule has 12 nitrogen and oxygen atoms in total. The summed E-state index contributed by atoms with van der Waals surface area (Å²) in [5.41, 5.74) is 0.331. The molecule has 0 fully saturated rings. The van der Waals surface area contributed by atoms with Crippen LogP contribution in [0.5, 0.6) is 0 Å². The molecule has 0 aromatic heterocycles. The number of carbonyl (C=O) groups is 6. The van der Waals surface area contributed by atoms with E-state index in [0.717, 1.165) is 36.5 Å². The number of hydrogen-bond acceptors (Lipinski definition) is 8. The fourth-order valence-electron chi connectivity index (χ4n) is 5.59. The zero-order chi connectivity index (χ0) is 56.0. The van der Waals surface area contributed by atoms with Gasteiger partial charge in [0.15, 0.2) is 0 Å². The summed E-state index contributed by atoms with van der Waals surface area (Å²) >= 11 is 0. The molecule has 0 amide bonds. The SMILES string of the molecule is CC(C)CCCCCCOC=O.CC(C)CCCCCCOC=O.CCCCCCC(C)C.CCCCCCC(C)C.O=C(O)c1ccccc1.O=CO.O=CO.O=CO.c1ccccc1.c1ccccc1. The van der Waals surface area contributed by atoms with Crippen LogP contribution >= 0.6 is 0 Å². The maximum absolute atomic E-state index is 10.2. The molecule has 4 N–H and O–H groups in total. The molecule has 0 radical (unpaired) electrons. The number of hydrogen-bond donors (Lipinski definition) is 4. The molecule has 0 aliphatic rings. The lowest BCUT2D eigenvalue weighted by molar-refractivity contribution is -0.129. The van der Waals surface area contributed by atoms with E-state index in [9.17, 15) is 14.4 Å². The first-order chi connectivity index (χ1) is 34.6. The molecule has 12 heteroatoms. The van der Waals surface area contributed by atoms with Crippen LogP contribution in [0.4, 0.5) is 0 Å². The average molecular weight is 1020 g/mol. The summed E-state index contributed by atoms with van der Waals surface area (Å²) in [4.78, 5) is 54.8. The van der Waals surface area contributed by atoms with E-state index >= 15 is 0 Å². The van der Waals surface area contributed by atoms with Crippen molar-refractivity contribution in [3.8, 4) is 0 Å². The van der Waals surface area contributed by atoms with Gasteiger partial charge in [-0.2, -0.15) is 0 Å². The zero-order valence-corrected chi connectivity index (χ0v) is 46.6. The van der Waals surface area contributed by atoms with Gasteiger partial charge in [0, 0.05) is 0 Å². The fourth-order valence-corrected chi connectivity index (χ4v) is 5.59. The van der Waals surface area contributed by atoms with Gasteiger partial charge in [-0.1, -0.05) is 276 Å². The molecule has 0 saturated carbocycles. The summed E-state index contributed by atoms with van der Waals surface area (Å²) in [5.74, 6) is 2.56. The van der Waals surface area contributed by atoms with E-state index in [1.54, 1.807) is 30.3 Å². The van der Waals surface area contributed by atoms with E-state index in [1.165, 1.54) is 116 Å². The van der Waals surface area contributed by atoms with Gasteiger partial charge >= 0.3 is 5.97 Å². The van der Waals surface area contributed by atoms with E-state index in [0.29, 0.717) is 31.7 Å². The summed E-state index contributed by atoms with van der Waals surface area (Å²) in [6.45, 7) is 24.2. The molecular formula is C60H104O12. The molecule has 0 unspecified atom stereocenters. The van der Waals surface area contributed by atoms with Crippen LogP contribution in [-0.4, -0.2) is 72.0 Å². The number of rotatable bonds is 27. The average Bonchev–Trinajstić information content (AvgIpc) is 3.37. The molecule has 3 aromatic rings. The normalized spacial score (nSPS) is 9.03. The van der Waals surface area contributed by atoms with Gasteiger partial charge < -0.3 is 29.9 Å². The molecule has 0 heterocycles. The minimum Gasteiger partial charge on any atom is -0.483 e. The molecule has 0 aliphatic heterocycles. The molecule has 0 aliphatic carbocycles. The second kappa shape index (κ2) is 79.6. The highest BCUT2D eigenvalue weighted by atomic mass is 16.5. The number of carboxylic acids is 1. The first-order valence-corrected chi connectivity index (χ1v) is 26.3. The van der Waals surface area contributed by atoms with Crippen LogP contribution in [0.15, 0.2) is 103 Å². The second-order valence-corrected chi connectivity index (χ2v) is 17.9. The van der Waals surface area contributed by atoms with Crippen molar-refractivity contribution in [1.82, 2.24) is 0 Å². The molecule has 3 rings (SSSR count). The van der Waals surface area contributed by atoms with E-state index in [1.807, 2.05) is 72.8 Å². The van der Waals surface area contributed by atoms with E-state index in [4.69, 9.17) is 34.8 Å². The molecular weight excluding hydrogens is 913 g/mol. The number of carboxylic acid groups (broad SMARTS) is 4. The second-order valence-electron chi connectivity index (χ2n) is 17.9. The topological polar surface area (TPSA) is 202 Å². The first-order valence-electron chi connectivity index (χ1n) is 26.3. The highest BCUT2D eigenvalue weighted by molar-refractivity contribution is 5.87. The van der Waals surface area contributed by atoms with Crippen LogP contribution in [0, 0.1) is 23.7 Å². The smallest absolute Gasteiger partial charge is 0.335 e. The van der Waals surface area contributed by atoms with Crippen molar-refractivity contribution >= 4 is 38.3 Å². The molecule has 3 aromatic carbocycles. The Balaban J connectivity index is -0.000000134.